The molecule has 0 spiro atoms. The van der Waals surface area contributed by atoms with Crippen molar-refractivity contribution in [3.8, 4) is 5.75 Å². The normalized spacial score (nSPS) is 16.1. The maximum Gasteiger partial charge on any atom is 0.379 e. The highest BCUT2D eigenvalue weighted by molar-refractivity contribution is 7.96. The summed E-state index contributed by atoms with van der Waals surface area (Å²) < 4.78 is 29.0. The van der Waals surface area contributed by atoms with Crippen LogP contribution in [0.4, 0.5) is 13.2 Å². The first-order chi connectivity index (χ1) is 8.91. The van der Waals surface area contributed by atoms with Crippen LogP contribution in [0, 0.1) is 13.8 Å². The second kappa shape index (κ2) is 7.68. The van der Waals surface area contributed by atoms with Gasteiger partial charge in [-0.25, -0.2) is 0 Å². The summed E-state index contributed by atoms with van der Waals surface area (Å²) in [6.45, 7) is 0.332. The van der Waals surface area contributed by atoms with Crippen LogP contribution in [0.25, 0.3) is 0 Å². The van der Waals surface area contributed by atoms with E-state index in [2.05, 4.69) is 12.1 Å². The van der Waals surface area contributed by atoms with Crippen LogP contribution in [-0.2, 0) is 10.9 Å². The standard InChI is InChI=1S/C13H18OS.CHF3/c1-10-8-12(9-11(2)13(10)14)15-6-4-3-5-7-15;2-1(3)4/h8-9H,3-7H2,1-2H3;1H/p+1. The molecular weight excluding hydrogens is 273 g/mol. The van der Waals surface area contributed by atoms with Gasteiger partial charge in [-0.15, -0.1) is 0 Å². The number of rotatable bonds is 1. The minimum Gasteiger partial charge on any atom is -0.507 e. The number of aromatic hydroxyl groups is 1. The van der Waals surface area contributed by atoms with Gasteiger partial charge in [0.2, 0.25) is 0 Å². The molecule has 19 heavy (non-hydrogen) atoms. The molecule has 1 nitrogen and oxygen atoms in total. The quantitative estimate of drug-likeness (QED) is 0.763. The summed E-state index contributed by atoms with van der Waals surface area (Å²) in [5.74, 6) is 3.17. The third kappa shape index (κ3) is 5.35. The van der Waals surface area contributed by atoms with Gasteiger partial charge in [-0.1, -0.05) is 0 Å². The zero-order valence-electron chi connectivity index (χ0n) is 11.3. The van der Waals surface area contributed by atoms with Crippen molar-refractivity contribution in [1.82, 2.24) is 0 Å². The molecule has 1 aliphatic rings. The molecule has 0 radical (unpaired) electrons. The van der Waals surface area contributed by atoms with E-state index in [1.807, 2.05) is 13.8 Å². The van der Waals surface area contributed by atoms with Crippen molar-refractivity contribution in [3.63, 3.8) is 0 Å². The summed E-state index contributed by atoms with van der Waals surface area (Å²) in [5, 5.41) is 9.73. The van der Waals surface area contributed by atoms with Crippen LogP contribution >= 0.6 is 0 Å². The van der Waals surface area contributed by atoms with E-state index in [0.29, 0.717) is 16.6 Å². The first-order valence-electron chi connectivity index (χ1n) is 6.31. The number of aryl methyl sites for hydroxylation is 2. The van der Waals surface area contributed by atoms with Crippen molar-refractivity contribution in [2.75, 3.05) is 11.5 Å². The predicted octanol–water partition coefficient (Wildman–Crippen LogP) is 4.35. The van der Waals surface area contributed by atoms with E-state index >= 15 is 0 Å². The van der Waals surface area contributed by atoms with Crippen molar-refractivity contribution in [3.05, 3.63) is 23.3 Å². The minimum atomic E-state index is -3.67. The zero-order chi connectivity index (χ0) is 14.4. The highest BCUT2D eigenvalue weighted by Gasteiger charge is 2.25. The molecule has 1 aromatic carbocycles. The maximum absolute atomic E-state index is 9.73. The average molecular weight is 293 g/mol. The highest BCUT2D eigenvalue weighted by Crippen LogP contribution is 2.29. The molecule has 1 aliphatic heterocycles. The van der Waals surface area contributed by atoms with Gasteiger partial charge in [0, 0.05) is 10.9 Å². The van der Waals surface area contributed by atoms with Crippen LogP contribution in [0.5, 0.6) is 5.75 Å². The SMILES string of the molecule is Cc1cc([S+]2CCCCC2)cc(C)c1O.FC(F)F. The third-order valence-electron chi connectivity index (χ3n) is 3.08. The monoisotopic (exact) mass is 293 g/mol. The number of alkyl halides is 3. The van der Waals surface area contributed by atoms with Gasteiger partial charge in [0.15, 0.2) is 4.90 Å². The lowest BCUT2D eigenvalue weighted by Gasteiger charge is -2.14. The summed E-state index contributed by atoms with van der Waals surface area (Å²) >= 11 is 0. The van der Waals surface area contributed by atoms with Crippen LogP contribution in [0.2, 0.25) is 0 Å². The molecule has 0 saturated carbocycles. The van der Waals surface area contributed by atoms with Crippen LogP contribution in [0.15, 0.2) is 17.0 Å². The van der Waals surface area contributed by atoms with E-state index in [1.165, 1.54) is 35.7 Å². The van der Waals surface area contributed by atoms with Crippen LogP contribution in [-0.4, -0.2) is 23.3 Å². The number of hydrogen-bond acceptors (Lipinski definition) is 1. The molecule has 5 heteroatoms. The first kappa shape index (κ1) is 16.2. The molecule has 108 valence electrons. The van der Waals surface area contributed by atoms with E-state index in [9.17, 15) is 18.3 Å². The number of phenolic OH excluding ortho intramolecular Hbond substituents is 1. The molecule has 0 amide bonds. The van der Waals surface area contributed by atoms with Crippen molar-refractivity contribution in [2.24, 2.45) is 0 Å². The fraction of sp³-hybridized carbons (Fsp3) is 0.571. The lowest BCUT2D eigenvalue weighted by Crippen LogP contribution is -2.17. The van der Waals surface area contributed by atoms with Gasteiger partial charge in [0.1, 0.15) is 17.3 Å². The molecule has 1 N–H and O–H groups in total. The second-order valence-corrected chi connectivity index (χ2v) is 6.89. The van der Waals surface area contributed by atoms with Crippen molar-refractivity contribution in [2.45, 2.75) is 44.7 Å². The molecule has 1 aromatic rings. The van der Waals surface area contributed by atoms with Gasteiger partial charge in [-0.3, -0.25) is 0 Å². The molecule has 0 atom stereocenters. The third-order valence-corrected chi connectivity index (χ3v) is 5.54. The summed E-state index contributed by atoms with van der Waals surface area (Å²) in [6.07, 6.45) is 4.16. The molecule has 1 saturated heterocycles. The summed E-state index contributed by atoms with van der Waals surface area (Å²) in [5.41, 5.74) is 2.06. The van der Waals surface area contributed by atoms with E-state index in [1.54, 1.807) is 0 Å². The minimum absolute atomic E-state index is 0.452. The Balaban J connectivity index is 0.000000399. The Labute approximate surface area is 115 Å². The van der Waals surface area contributed by atoms with Crippen molar-refractivity contribution >= 4 is 10.9 Å². The summed E-state index contributed by atoms with van der Waals surface area (Å²) in [7, 11) is 0.452. The number of halogens is 3. The summed E-state index contributed by atoms with van der Waals surface area (Å²) in [6, 6.07) is 4.35. The van der Waals surface area contributed by atoms with E-state index in [0.717, 1.165) is 11.1 Å². The fourth-order valence-electron chi connectivity index (χ4n) is 2.15. The Kier molecular flexibility index (Phi) is 6.55. The smallest absolute Gasteiger partial charge is 0.379 e. The lowest BCUT2D eigenvalue weighted by molar-refractivity contribution is 0.00819. The van der Waals surface area contributed by atoms with Gasteiger partial charge < -0.3 is 5.11 Å². The summed E-state index contributed by atoms with van der Waals surface area (Å²) in [4.78, 5) is 1.46. The Bertz CT molecular complexity index is 378. The van der Waals surface area contributed by atoms with Gasteiger partial charge >= 0.3 is 6.68 Å². The number of benzene rings is 1. The molecule has 0 unspecified atom stereocenters. The van der Waals surface area contributed by atoms with Crippen LogP contribution < -0.4 is 0 Å². The average Bonchev–Trinajstić information content (AvgIpc) is 2.36. The molecule has 1 fully saturated rings. The predicted molar refractivity (Wildman–Crippen MR) is 73.9 cm³/mol. The van der Waals surface area contributed by atoms with E-state index in [-0.39, 0.29) is 0 Å². The molecule has 0 aromatic heterocycles. The Morgan fingerprint density at radius 3 is 1.84 bits per heavy atom. The lowest BCUT2D eigenvalue weighted by atomic mass is 10.1. The van der Waals surface area contributed by atoms with E-state index < -0.39 is 6.68 Å². The largest absolute Gasteiger partial charge is 0.507 e. The van der Waals surface area contributed by atoms with Crippen LogP contribution in [0.3, 0.4) is 0 Å². The molecular formula is C14H20F3OS+. The topological polar surface area (TPSA) is 20.2 Å². The molecule has 0 aliphatic carbocycles. The van der Waals surface area contributed by atoms with Gasteiger partial charge in [-0.2, -0.15) is 13.2 Å². The van der Waals surface area contributed by atoms with Gasteiger partial charge in [-0.05, 0) is 56.4 Å². The Morgan fingerprint density at radius 2 is 1.42 bits per heavy atom. The van der Waals surface area contributed by atoms with Crippen molar-refractivity contribution in [1.29, 1.82) is 0 Å². The van der Waals surface area contributed by atoms with E-state index in [4.69, 9.17) is 0 Å². The Morgan fingerprint density at radius 1 is 1.00 bits per heavy atom. The van der Waals surface area contributed by atoms with Gasteiger partial charge in [0.05, 0.1) is 0 Å². The first-order valence-corrected chi connectivity index (χ1v) is 7.88. The highest BCUT2D eigenvalue weighted by atomic mass is 32.2. The molecule has 2 rings (SSSR count). The molecule has 1 heterocycles. The van der Waals surface area contributed by atoms with Gasteiger partial charge in [0.25, 0.3) is 0 Å². The maximum atomic E-state index is 9.73. The molecule has 0 bridgehead atoms. The van der Waals surface area contributed by atoms with Crippen LogP contribution in [0.1, 0.15) is 30.4 Å². The zero-order valence-corrected chi connectivity index (χ0v) is 12.1. The number of phenols is 1. The van der Waals surface area contributed by atoms with Crippen molar-refractivity contribution < 1.29 is 18.3 Å². The number of hydrogen-bond donors (Lipinski definition) is 1. The second-order valence-electron chi connectivity index (χ2n) is 4.61. The fourth-order valence-corrected chi connectivity index (χ4v) is 4.62. The Hall–Kier alpha value is -0.840.